The number of carbonyl (C=O) groups excluding carboxylic acids is 3. The number of hydrazine groups is 1. The molecule has 0 aromatic heterocycles. The predicted octanol–water partition coefficient (Wildman–Crippen LogP) is 2.56. The normalized spacial score (nSPS) is 31.1. The molecule has 1 aromatic carbocycles. The molecule has 0 radical (unpaired) electrons. The second-order valence-electron chi connectivity index (χ2n) is 9.19. The predicted molar refractivity (Wildman–Crippen MR) is 105 cm³/mol. The first-order chi connectivity index (χ1) is 13.4. The van der Waals surface area contributed by atoms with Gasteiger partial charge in [0.15, 0.2) is 0 Å². The van der Waals surface area contributed by atoms with E-state index >= 15 is 0 Å². The molecule has 0 heterocycles. The Kier molecular flexibility index (Phi) is 5.13. The van der Waals surface area contributed by atoms with E-state index < -0.39 is 11.9 Å². The van der Waals surface area contributed by atoms with Crippen LogP contribution in [0.25, 0.3) is 0 Å². The lowest BCUT2D eigenvalue weighted by molar-refractivity contribution is -0.134. The van der Waals surface area contributed by atoms with Crippen LogP contribution in [0.5, 0.6) is 0 Å². The lowest BCUT2D eigenvalue weighted by Crippen LogP contribution is -2.53. The first kappa shape index (κ1) is 19.0. The molecule has 4 fully saturated rings. The van der Waals surface area contributed by atoms with E-state index in [0.717, 1.165) is 37.0 Å². The molecule has 6 nitrogen and oxygen atoms in total. The van der Waals surface area contributed by atoms with Crippen molar-refractivity contribution >= 4 is 17.7 Å². The third-order valence-electron chi connectivity index (χ3n) is 6.80. The van der Waals surface area contributed by atoms with E-state index in [9.17, 15) is 14.4 Å². The smallest absolute Gasteiger partial charge is 0.260 e. The molecule has 4 saturated carbocycles. The van der Waals surface area contributed by atoms with Gasteiger partial charge >= 0.3 is 0 Å². The van der Waals surface area contributed by atoms with E-state index in [4.69, 9.17) is 0 Å². The maximum Gasteiger partial charge on any atom is 0.260 e. The van der Waals surface area contributed by atoms with Crippen LogP contribution in [0, 0.1) is 23.2 Å². The van der Waals surface area contributed by atoms with Crippen LogP contribution in [0.1, 0.15) is 62.2 Å². The van der Waals surface area contributed by atoms with Gasteiger partial charge in [0.2, 0.25) is 5.91 Å². The summed E-state index contributed by atoms with van der Waals surface area (Å²) < 4.78 is 0. The minimum atomic E-state index is -0.743. The summed E-state index contributed by atoms with van der Waals surface area (Å²) in [6, 6.07) is 7.99. The molecule has 28 heavy (non-hydrogen) atoms. The molecule has 4 bridgehead atoms. The Balaban J connectivity index is 1.24. The van der Waals surface area contributed by atoms with Crippen molar-refractivity contribution in [2.24, 2.45) is 23.2 Å². The summed E-state index contributed by atoms with van der Waals surface area (Å²) in [5.41, 5.74) is 5.66. The van der Waals surface area contributed by atoms with Crippen LogP contribution in [-0.2, 0) is 9.59 Å². The van der Waals surface area contributed by atoms with Gasteiger partial charge < -0.3 is 5.32 Å². The Labute approximate surface area is 165 Å². The van der Waals surface area contributed by atoms with Gasteiger partial charge in [0.1, 0.15) is 6.04 Å². The summed E-state index contributed by atoms with van der Waals surface area (Å²) in [6.07, 6.45) is 7.99. The zero-order valence-electron chi connectivity index (χ0n) is 16.4. The first-order valence-electron chi connectivity index (χ1n) is 10.4. The van der Waals surface area contributed by atoms with Crippen LogP contribution in [0.4, 0.5) is 0 Å². The molecule has 5 rings (SSSR count). The number of amides is 3. The largest absolute Gasteiger partial charge is 0.340 e. The zero-order valence-corrected chi connectivity index (χ0v) is 16.4. The lowest BCUT2D eigenvalue weighted by Gasteiger charge is -2.56. The number of hydrogen-bond donors (Lipinski definition) is 3. The molecular weight excluding hydrogens is 354 g/mol. The van der Waals surface area contributed by atoms with Crippen LogP contribution in [-0.4, -0.2) is 23.8 Å². The lowest BCUT2D eigenvalue weighted by atomic mass is 9.49. The molecule has 3 amide bonds. The van der Waals surface area contributed by atoms with Gasteiger partial charge in [-0.3, -0.25) is 25.2 Å². The third kappa shape index (κ3) is 4.05. The summed E-state index contributed by atoms with van der Waals surface area (Å²) in [5.74, 6) is 1.51. The van der Waals surface area contributed by atoms with Crippen molar-refractivity contribution in [2.45, 2.75) is 57.9 Å². The summed E-state index contributed by atoms with van der Waals surface area (Å²) in [5, 5.41) is 2.64. The van der Waals surface area contributed by atoms with Crippen LogP contribution < -0.4 is 16.2 Å². The fourth-order valence-electron chi connectivity index (χ4n) is 6.07. The number of carbonyl (C=O) groups is 3. The highest BCUT2D eigenvalue weighted by atomic mass is 16.2. The average Bonchev–Trinajstić information content (AvgIpc) is 2.65. The third-order valence-corrected chi connectivity index (χ3v) is 6.80. The maximum absolute atomic E-state index is 12.5. The Morgan fingerprint density at radius 2 is 1.54 bits per heavy atom. The van der Waals surface area contributed by atoms with Gasteiger partial charge in [-0.05, 0) is 80.8 Å². The van der Waals surface area contributed by atoms with Gasteiger partial charge in [-0.15, -0.1) is 0 Å². The summed E-state index contributed by atoms with van der Waals surface area (Å²) in [4.78, 5) is 36.9. The molecule has 1 unspecified atom stereocenters. The Morgan fingerprint density at radius 3 is 2.11 bits per heavy atom. The molecule has 6 heteroatoms. The van der Waals surface area contributed by atoms with Gasteiger partial charge in [0, 0.05) is 12.0 Å². The zero-order chi connectivity index (χ0) is 19.7. The second kappa shape index (κ2) is 7.57. The molecule has 0 aliphatic heterocycles. The van der Waals surface area contributed by atoms with E-state index in [1.54, 1.807) is 31.2 Å². The van der Waals surface area contributed by atoms with E-state index in [1.807, 2.05) is 6.07 Å². The van der Waals surface area contributed by atoms with Crippen molar-refractivity contribution in [1.82, 2.24) is 16.2 Å². The first-order valence-corrected chi connectivity index (χ1v) is 10.4. The Hall–Kier alpha value is -2.37. The van der Waals surface area contributed by atoms with Crippen molar-refractivity contribution < 1.29 is 14.4 Å². The summed E-state index contributed by atoms with van der Waals surface area (Å²) in [7, 11) is 0. The van der Waals surface area contributed by atoms with Gasteiger partial charge in [-0.25, -0.2) is 0 Å². The van der Waals surface area contributed by atoms with Crippen molar-refractivity contribution in [3.05, 3.63) is 35.9 Å². The van der Waals surface area contributed by atoms with Crippen LogP contribution >= 0.6 is 0 Å². The number of benzene rings is 1. The molecule has 0 spiro atoms. The number of nitrogens with one attached hydrogen (secondary N) is 3. The fraction of sp³-hybridized carbons (Fsp3) is 0.591. The van der Waals surface area contributed by atoms with Gasteiger partial charge in [0.25, 0.3) is 11.8 Å². The monoisotopic (exact) mass is 383 g/mol. The van der Waals surface area contributed by atoms with Gasteiger partial charge in [-0.2, -0.15) is 0 Å². The van der Waals surface area contributed by atoms with Crippen molar-refractivity contribution in [3.63, 3.8) is 0 Å². The minimum absolute atomic E-state index is 0.128. The van der Waals surface area contributed by atoms with E-state index in [1.165, 1.54) is 19.3 Å². The SMILES string of the molecule is CC(NC(=O)c1ccccc1)C(=O)NNC(=O)CC12CC3CC(CC(C3)C1)C2. The Bertz CT molecular complexity index is 726. The molecule has 1 atom stereocenters. The molecule has 3 N–H and O–H groups in total. The summed E-state index contributed by atoms with van der Waals surface area (Å²) in [6.45, 7) is 1.60. The van der Waals surface area contributed by atoms with Crippen molar-refractivity contribution in [2.75, 3.05) is 0 Å². The number of hydrogen-bond acceptors (Lipinski definition) is 3. The molecule has 150 valence electrons. The van der Waals surface area contributed by atoms with Gasteiger partial charge in [0.05, 0.1) is 0 Å². The van der Waals surface area contributed by atoms with Crippen LogP contribution in [0.2, 0.25) is 0 Å². The topological polar surface area (TPSA) is 87.3 Å². The maximum atomic E-state index is 12.5. The number of rotatable bonds is 5. The molecule has 4 aliphatic rings. The summed E-state index contributed by atoms with van der Waals surface area (Å²) >= 11 is 0. The van der Waals surface area contributed by atoms with Crippen molar-refractivity contribution in [3.8, 4) is 0 Å². The highest BCUT2D eigenvalue weighted by Crippen LogP contribution is 2.61. The van der Waals surface area contributed by atoms with E-state index in [2.05, 4.69) is 16.2 Å². The Morgan fingerprint density at radius 1 is 0.964 bits per heavy atom. The van der Waals surface area contributed by atoms with E-state index in [0.29, 0.717) is 12.0 Å². The molecule has 4 aliphatic carbocycles. The quantitative estimate of drug-likeness (QED) is 0.683. The standard InChI is InChI=1S/C22H29N3O3/c1-14(23-21(28)18-5-3-2-4-6-18)20(27)25-24-19(26)13-22-10-15-7-16(11-22)9-17(8-15)12-22/h2-6,14-17H,7-13H2,1H3,(H,23,28)(H,24,26)(H,25,27). The fourth-order valence-corrected chi connectivity index (χ4v) is 6.07. The molecule has 0 saturated heterocycles. The van der Waals surface area contributed by atoms with Crippen LogP contribution in [0.3, 0.4) is 0 Å². The minimum Gasteiger partial charge on any atom is -0.340 e. The average molecular weight is 383 g/mol. The molecular formula is C22H29N3O3. The van der Waals surface area contributed by atoms with Crippen LogP contribution in [0.15, 0.2) is 30.3 Å². The van der Waals surface area contributed by atoms with E-state index in [-0.39, 0.29) is 17.2 Å². The van der Waals surface area contributed by atoms with Gasteiger partial charge in [-0.1, -0.05) is 18.2 Å². The highest BCUT2D eigenvalue weighted by Gasteiger charge is 2.51. The van der Waals surface area contributed by atoms with Crippen molar-refractivity contribution in [1.29, 1.82) is 0 Å². The second-order valence-corrected chi connectivity index (χ2v) is 9.19. The molecule has 1 aromatic rings. The highest BCUT2D eigenvalue weighted by molar-refractivity contribution is 5.97.